The van der Waals surface area contributed by atoms with E-state index in [-0.39, 0.29) is 5.56 Å². The van der Waals surface area contributed by atoms with E-state index in [0.717, 1.165) is 11.6 Å². The quantitative estimate of drug-likeness (QED) is 0.677. The molecule has 3 aromatic rings. The highest BCUT2D eigenvalue weighted by Gasteiger charge is 2.33. The van der Waals surface area contributed by atoms with Crippen LogP contribution in [0.4, 0.5) is 13.2 Å². The highest BCUT2D eigenvalue weighted by atomic mass is 19.4. The normalized spacial score (nSPS) is 11.4. The molecule has 0 aliphatic heterocycles. The monoisotopic (exact) mass is 300 g/mol. The first-order chi connectivity index (χ1) is 10.6. The van der Waals surface area contributed by atoms with Gasteiger partial charge in [0.2, 0.25) is 0 Å². The molecule has 0 unspecified atom stereocenters. The number of rotatable bonds is 2. The molecule has 0 saturated carbocycles. The van der Waals surface area contributed by atoms with Gasteiger partial charge in [-0.05, 0) is 35.4 Å². The van der Waals surface area contributed by atoms with Gasteiger partial charge in [0.25, 0.3) is 0 Å². The molecule has 3 rings (SSSR count). The van der Waals surface area contributed by atoms with Crippen molar-refractivity contribution >= 4 is 0 Å². The van der Waals surface area contributed by atoms with Gasteiger partial charge in [-0.25, -0.2) is 0 Å². The van der Waals surface area contributed by atoms with Gasteiger partial charge in [-0.3, -0.25) is 9.97 Å². The van der Waals surface area contributed by atoms with Gasteiger partial charge in [0, 0.05) is 35.9 Å². The van der Waals surface area contributed by atoms with E-state index in [4.69, 9.17) is 0 Å². The van der Waals surface area contributed by atoms with Crippen molar-refractivity contribution < 1.29 is 13.2 Å². The Morgan fingerprint density at radius 3 is 1.91 bits per heavy atom. The fraction of sp³-hybridized carbons (Fsp3) is 0.0588. The number of pyridine rings is 2. The first-order valence-corrected chi connectivity index (χ1v) is 6.58. The van der Waals surface area contributed by atoms with E-state index in [2.05, 4.69) is 9.97 Å². The first kappa shape index (κ1) is 14.3. The summed E-state index contributed by atoms with van der Waals surface area (Å²) in [6.45, 7) is 0. The number of halogens is 3. The maximum absolute atomic E-state index is 13.2. The third-order valence-electron chi connectivity index (χ3n) is 3.29. The van der Waals surface area contributed by atoms with E-state index < -0.39 is 11.7 Å². The molecule has 0 aliphatic carbocycles. The Morgan fingerprint density at radius 2 is 1.36 bits per heavy atom. The Bertz CT molecular complexity index is 769. The lowest BCUT2D eigenvalue weighted by molar-refractivity contribution is -0.137. The largest absolute Gasteiger partial charge is 0.417 e. The van der Waals surface area contributed by atoms with Crippen molar-refractivity contribution in [3.05, 3.63) is 72.8 Å². The molecule has 0 fully saturated rings. The predicted octanol–water partition coefficient (Wildman–Crippen LogP) is 4.83. The molecule has 2 heterocycles. The Hall–Kier alpha value is -2.69. The van der Waals surface area contributed by atoms with Crippen molar-refractivity contribution in [2.75, 3.05) is 0 Å². The summed E-state index contributed by atoms with van der Waals surface area (Å²) in [5.74, 6) is 0. The van der Waals surface area contributed by atoms with Gasteiger partial charge in [-0.2, -0.15) is 13.2 Å². The summed E-state index contributed by atoms with van der Waals surface area (Å²) >= 11 is 0. The lowest BCUT2D eigenvalue weighted by atomic mass is 9.95. The lowest BCUT2D eigenvalue weighted by Crippen LogP contribution is -2.07. The van der Waals surface area contributed by atoms with Gasteiger partial charge in [0.05, 0.1) is 5.56 Å². The van der Waals surface area contributed by atoms with Crippen LogP contribution in [0.5, 0.6) is 0 Å². The molecule has 0 amide bonds. The topological polar surface area (TPSA) is 25.8 Å². The molecule has 0 atom stereocenters. The van der Waals surface area contributed by atoms with Crippen LogP contribution >= 0.6 is 0 Å². The van der Waals surface area contributed by atoms with Crippen LogP contribution in [0.2, 0.25) is 0 Å². The molecule has 2 aromatic heterocycles. The Kier molecular flexibility index (Phi) is 3.63. The van der Waals surface area contributed by atoms with Gasteiger partial charge >= 0.3 is 6.18 Å². The molecular formula is C17H11F3N2. The van der Waals surface area contributed by atoms with Crippen LogP contribution in [0.15, 0.2) is 67.3 Å². The zero-order valence-corrected chi connectivity index (χ0v) is 11.4. The van der Waals surface area contributed by atoms with Crippen LogP contribution in [0, 0.1) is 0 Å². The van der Waals surface area contributed by atoms with Crippen LogP contribution in [0.3, 0.4) is 0 Å². The Labute approximate surface area is 125 Å². The van der Waals surface area contributed by atoms with Crippen molar-refractivity contribution in [3.63, 3.8) is 0 Å². The second kappa shape index (κ2) is 5.60. The highest BCUT2D eigenvalue weighted by Crippen LogP contribution is 2.38. The fourth-order valence-electron chi connectivity index (χ4n) is 2.27. The molecule has 1 aromatic carbocycles. The van der Waals surface area contributed by atoms with Gasteiger partial charge in [-0.1, -0.05) is 18.2 Å². The summed E-state index contributed by atoms with van der Waals surface area (Å²) < 4.78 is 39.7. The molecule has 2 nitrogen and oxygen atoms in total. The summed E-state index contributed by atoms with van der Waals surface area (Å²) in [4.78, 5) is 7.91. The van der Waals surface area contributed by atoms with Gasteiger partial charge in [0.1, 0.15) is 0 Å². The highest BCUT2D eigenvalue weighted by molar-refractivity contribution is 5.75. The van der Waals surface area contributed by atoms with Gasteiger partial charge in [0.15, 0.2) is 0 Å². The van der Waals surface area contributed by atoms with E-state index in [1.54, 1.807) is 30.6 Å². The maximum Gasteiger partial charge on any atom is 0.417 e. The SMILES string of the molecule is FC(F)(F)c1ccc(-c2cccnc2)cc1-c1cccnc1. The summed E-state index contributed by atoms with van der Waals surface area (Å²) in [5.41, 5.74) is 1.32. The number of nitrogens with zero attached hydrogens (tertiary/aromatic N) is 2. The third-order valence-corrected chi connectivity index (χ3v) is 3.29. The second-order valence-corrected chi connectivity index (χ2v) is 4.74. The van der Waals surface area contributed by atoms with E-state index in [1.807, 2.05) is 6.07 Å². The molecule has 110 valence electrons. The Morgan fingerprint density at radius 1 is 0.727 bits per heavy atom. The van der Waals surface area contributed by atoms with E-state index in [0.29, 0.717) is 11.1 Å². The van der Waals surface area contributed by atoms with Crippen LogP contribution in [-0.2, 0) is 6.18 Å². The van der Waals surface area contributed by atoms with E-state index in [9.17, 15) is 13.2 Å². The molecular weight excluding hydrogens is 289 g/mol. The summed E-state index contributed by atoms with van der Waals surface area (Å²) in [5, 5.41) is 0. The zero-order valence-electron chi connectivity index (χ0n) is 11.4. The molecule has 0 N–H and O–H groups in total. The second-order valence-electron chi connectivity index (χ2n) is 4.74. The molecule has 22 heavy (non-hydrogen) atoms. The number of hydrogen-bond donors (Lipinski definition) is 0. The average Bonchev–Trinajstić information content (AvgIpc) is 2.55. The third kappa shape index (κ3) is 2.83. The first-order valence-electron chi connectivity index (χ1n) is 6.58. The molecule has 0 saturated heterocycles. The lowest BCUT2D eigenvalue weighted by Gasteiger charge is -2.14. The number of hydrogen-bond acceptors (Lipinski definition) is 2. The van der Waals surface area contributed by atoms with Crippen molar-refractivity contribution in [2.24, 2.45) is 0 Å². The van der Waals surface area contributed by atoms with Crippen LogP contribution in [0.25, 0.3) is 22.3 Å². The molecule has 0 radical (unpaired) electrons. The number of benzene rings is 1. The summed E-state index contributed by atoms with van der Waals surface area (Å²) in [7, 11) is 0. The molecule has 0 aliphatic rings. The number of alkyl halides is 3. The van der Waals surface area contributed by atoms with Gasteiger partial charge < -0.3 is 0 Å². The molecule has 0 spiro atoms. The van der Waals surface area contributed by atoms with Crippen LogP contribution in [0.1, 0.15) is 5.56 Å². The molecule has 5 heteroatoms. The summed E-state index contributed by atoms with van der Waals surface area (Å²) in [6, 6.07) is 10.9. The summed E-state index contributed by atoms with van der Waals surface area (Å²) in [6.07, 6.45) is 1.78. The van der Waals surface area contributed by atoms with Crippen molar-refractivity contribution in [2.45, 2.75) is 6.18 Å². The Balaban J connectivity index is 2.20. The smallest absolute Gasteiger partial charge is 0.264 e. The van der Waals surface area contributed by atoms with Crippen molar-refractivity contribution in [1.82, 2.24) is 9.97 Å². The van der Waals surface area contributed by atoms with Crippen molar-refractivity contribution in [1.29, 1.82) is 0 Å². The van der Waals surface area contributed by atoms with Crippen LogP contribution < -0.4 is 0 Å². The van der Waals surface area contributed by atoms with E-state index >= 15 is 0 Å². The van der Waals surface area contributed by atoms with Gasteiger partial charge in [-0.15, -0.1) is 0 Å². The predicted molar refractivity (Wildman–Crippen MR) is 77.9 cm³/mol. The minimum absolute atomic E-state index is 0.113. The average molecular weight is 300 g/mol. The number of aromatic nitrogens is 2. The maximum atomic E-state index is 13.2. The minimum Gasteiger partial charge on any atom is -0.264 e. The minimum atomic E-state index is -4.42. The van der Waals surface area contributed by atoms with Crippen LogP contribution in [-0.4, -0.2) is 9.97 Å². The fourth-order valence-corrected chi connectivity index (χ4v) is 2.27. The van der Waals surface area contributed by atoms with Crippen molar-refractivity contribution in [3.8, 4) is 22.3 Å². The standard InChI is InChI=1S/C17H11F3N2/c18-17(19,20)16-6-5-12(13-3-1-7-21-10-13)9-15(16)14-4-2-8-22-11-14/h1-11H. The van der Waals surface area contributed by atoms with E-state index in [1.165, 1.54) is 24.5 Å². The molecule has 0 bridgehead atoms. The zero-order chi connectivity index (χ0) is 15.6.